The number of aliphatic hydroxyl groups excluding tert-OH is 1. The highest BCUT2D eigenvalue weighted by Crippen LogP contribution is 2.43. The lowest BCUT2D eigenvalue weighted by atomic mass is 9.85. The summed E-state index contributed by atoms with van der Waals surface area (Å²) in [5.74, 6) is -0.272. The molecule has 2 atom stereocenters. The first-order chi connectivity index (χ1) is 23.8. The number of rotatable bonds is 18. The predicted octanol–water partition coefficient (Wildman–Crippen LogP) is 9.11. The number of nitrogens with zero attached hydrogens (tertiary/aromatic N) is 2. The molecule has 266 valence electrons. The Morgan fingerprint density at radius 1 is 1.04 bits per heavy atom. The summed E-state index contributed by atoms with van der Waals surface area (Å²) in [6, 6.07) is 9.72. The van der Waals surface area contributed by atoms with Gasteiger partial charge >= 0.3 is 0 Å². The van der Waals surface area contributed by atoms with Crippen molar-refractivity contribution < 1.29 is 19.4 Å². The quantitative estimate of drug-likeness (QED) is 0.0526. The second-order valence-corrected chi connectivity index (χ2v) is 13.5. The van der Waals surface area contributed by atoms with Crippen molar-refractivity contribution in [2.45, 2.75) is 102 Å². The number of allylic oxidation sites excluding steroid dienone is 4. The van der Waals surface area contributed by atoms with Crippen molar-refractivity contribution in [3.8, 4) is 22.8 Å². The monoisotopic (exact) mass is 691 g/mol. The van der Waals surface area contributed by atoms with Gasteiger partial charge in [0.15, 0.2) is 5.43 Å². The van der Waals surface area contributed by atoms with Crippen LogP contribution < -0.4 is 15.9 Å². The number of aliphatic imine (C=N–C) groups is 1. The molecule has 1 aliphatic rings. The van der Waals surface area contributed by atoms with Crippen LogP contribution in [0.4, 0.5) is 0 Å². The summed E-state index contributed by atoms with van der Waals surface area (Å²) in [7, 11) is 1.94. The predicted molar refractivity (Wildman–Crippen MR) is 202 cm³/mol. The molecule has 8 nitrogen and oxygen atoms in total. The van der Waals surface area contributed by atoms with Crippen molar-refractivity contribution in [2.75, 3.05) is 26.7 Å². The largest absolute Gasteiger partial charge is 0.507 e. The Morgan fingerprint density at radius 2 is 1.73 bits per heavy atom. The zero-order valence-electron chi connectivity index (χ0n) is 29.2. The molecule has 4 N–H and O–H groups in total. The molecule has 1 aromatic heterocycles. The molecule has 0 amide bonds. The Balaban J connectivity index is 1.36. The molecule has 2 heterocycles. The van der Waals surface area contributed by atoms with Gasteiger partial charge in [-0.1, -0.05) is 93.5 Å². The van der Waals surface area contributed by atoms with E-state index in [4.69, 9.17) is 26.5 Å². The topological polar surface area (TPSA) is 122 Å². The van der Waals surface area contributed by atoms with Crippen LogP contribution in [0.1, 0.15) is 102 Å². The molecule has 1 saturated heterocycles. The molecule has 0 radical (unpaired) electrons. The number of unbranched alkanes of at least 4 members (excludes halogenated alkanes) is 9. The fraction of sp³-hybridized carbons (Fsp3) is 0.500. The fourth-order valence-corrected chi connectivity index (χ4v) is 6.63. The van der Waals surface area contributed by atoms with Crippen LogP contribution in [0.3, 0.4) is 0 Å². The van der Waals surface area contributed by atoms with Crippen molar-refractivity contribution in [1.29, 1.82) is 0 Å². The van der Waals surface area contributed by atoms with E-state index in [0.717, 1.165) is 38.6 Å². The molecular weight excluding hydrogens is 638 g/mol. The molecular formula is C40H54ClN3O5. The van der Waals surface area contributed by atoms with Crippen LogP contribution >= 0.6 is 11.6 Å². The van der Waals surface area contributed by atoms with Crippen LogP contribution in [-0.4, -0.2) is 53.9 Å². The third kappa shape index (κ3) is 11.5. The number of hydrogen-bond acceptors (Lipinski definition) is 7. The van der Waals surface area contributed by atoms with Crippen LogP contribution in [0, 0.1) is 0 Å². The first-order valence-corrected chi connectivity index (χ1v) is 18.4. The van der Waals surface area contributed by atoms with Crippen molar-refractivity contribution in [2.24, 2.45) is 10.7 Å². The molecule has 0 aliphatic carbocycles. The van der Waals surface area contributed by atoms with E-state index in [1.165, 1.54) is 57.1 Å². The average molecular weight is 692 g/mol. The highest BCUT2D eigenvalue weighted by Gasteiger charge is 2.34. The van der Waals surface area contributed by atoms with Gasteiger partial charge in [0, 0.05) is 42.3 Å². The van der Waals surface area contributed by atoms with E-state index in [0.29, 0.717) is 35.7 Å². The standard InChI is InChI=1S/C40H54ClN3O5/c1-3-4-5-6-7-8-9-10-11-12-13-14-15-16-17-20-24-43-40(42)49-36-27-33(46)38-32(45)26-35(29-21-18-19-22-31(29)41)48-39(38)37(36)30-23-25-44(2)28-34(30)47/h7-8,10-11,18-19,21-22,26-27,30,34,46-47H,3-6,9,12-17,20,23-25,28H2,1-2H3,(H2,42,43)/t30?,34-/m0/s1. The molecule has 0 bridgehead atoms. The minimum absolute atomic E-state index is 0.0149. The Hall–Kier alpha value is -3.59. The number of aromatic hydroxyl groups is 1. The zero-order chi connectivity index (χ0) is 35.0. The second kappa shape index (κ2) is 20.2. The van der Waals surface area contributed by atoms with Crippen LogP contribution in [0.2, 0.25) is 5.02 Å². The van der Waals surface area contributed by atoms with E-state index in [9.17, 15) is 15.0 Å². The number of nitrogens with two attached hydrogens (primary N) is 1. The van der Waals surface area contributed by atoms with Gasteiger partial charge in [-0.15, -0.1) is 0 Å². The third-order valence-electron chi connectivity index (χ3n) is 9.12. The summed E-state index contributed by atoms with van der Waals surface area (Å²) < 4.78 is 12.4. The van der Waals surface area contributed by atoms with Crippen LogP contribution in [0.15, 0.2) is 74.9 Å². The van der Waals surface area contributed by atoms with Gasteiger partial charge in [0.2, 0.25) is 0 Å². The maximum atomic E-state index is 13.4. The maximum Gasteiger partial charge on any atom is 0.287 e. The highest BCUT2D eigenvalue weighted by molar-refractivity contribution is 6.33. The number of amidine groups is 1. The number of likely N-dealkylation sites (tertiary alicyclic amines) is 1. The zero-order valence-corrected chi connectivity index (χ0v) is 30.0. The molecule has 4 rings (SSSR count). The van der Waals surface area contributed by atoms with Crippen LogP contribution in [0.25, 0.3) is 22.3 Å². The Labute approximate surface area is 296 Å². The maximum absolute atomic E-state index is 13.4. The van der Waals surface area contributed by atoms with Gasteiger partial charge in [-0.3, -0.25) is 4.79 Å². The number of piperidine rings is 1. The molecule has 0 spiro atoms. The molecule has 1 aliphatic heterocycles. The molecule has 0 saturated carbocycles. The summed E-state index contributed by atoms with van der Waals surface area (Å²) in [4.78, 5) is 19.8. The Kier molecular flexibility index (Phi) is 15.7. The normalized spacial score (nSPS) is 17.5. The Morgan fingerprint density at radius 3 is 2.45 bits per heavy atom. The summed E-state index contributed by atoms with van der Waals surface area (Å²) in [5, 5.41) is 22.6. The van der Waals surface area contributed by atoms with Crippen molar-refractivity contribution >= 4 is 28.6 Å². The second-order valence-electron chi connectivity index (χ2n) is 13.1. The summed E-state index contributed by atoms with van der Waals surface area (Å²) in [6.07, 6.45) is 22.9. The van der Waals surface area contributed by atoms with Crippen molar-refractivity contribution in [3.05, 3.63) is 81.5 Å². The lowest BCUT2D eigenvalue weighted by molar-refractivity contribution is 0.0633. The third-order valence-corrected chi connectivity index (χ3v) is 9.45. The number of β-amino-alcohol motifs (C(OH)–C–C–N with tert-alkyl or cyclic N) is 1. The van der Waals surface area contributed by atoms with Gasteiger partial charge < -0.3 is 30.0 Å². The number of phenolic OH excluding ortho intramolecular Hbond substituents is 1. The van der Waals surface area contributed by atoms with Crippen molar-refractivity contribution in [1.82, 2.24) is 4.90 Å². The number of likely N-dealkylation sites (N-methyl/N-ethyl adjacent to an activating group) is 1. The summed E-state index contributed by atoms with van der Waals surface area (Å²) >= 11 is 6.45. The van der Waals surface area contributed by atoms with E-state index in [2.05, 4.69) is 36.2 Å². The number of fused-ring (bicyclic) bond motifs is 1. The average Bonchev–Trinajstić information content (AvgIpc) is 3.07. The fourth-order valence-electron chi connectivity index (χ4n) is 6.40. The van der Waals surface area contributed by atoms with E-state index in [-0.39, 0.29) is 34.3 Å². The number of ether oxygens (including phenoxy) is 1. The molecule has 49 heavy (non-hydrogen) atoms. The number of benzene rings is 2. The minimum Gasteiger partial charge on any atom is -0.507 e. The minimum atomic E-state index is -0.764. The van der Waals surface area contributed by atoms with Gasteiger partial charge in [0.05, 0.1) is 11.1 Å². The van der Waals surface area contributed by atoms with E-state index in [1.807, 2.05) is 11.9 Å². The van der Waals surface area contributed by atoms with E-state index < -0.39 is 17.5 Å². The number of aliphatic hydroxyl groups is 1. The van der Waals surface area contributed by atoms with E-state index in [1.54, 1.807) is 24.3 Å². The SMILES string of the molecule is CCCCCC=CCC=CCCCCCCCCN=C(N)Oc1cc(O)c2c(=O)cc(-c3ccccc3Cl)oc2c1C1CCN(C)C[C@@H]1O. The molecule has 1 fully saturated rings. The molecule has 9 heteroatoms. The number of hydrogen-bond donors (Lipinski definition) is 3. The summed E-state index contributed by atoms with van der Waals surface area (Å²) in [5.41, 5.74) is 6.98. The highest BCUT2D eigenvalue weighted by atomic mass is 35.5. The molecule has 2 aromatic carbocycles. The van der Waals surface area contributed by atoms with Crippen molar-refractivity contribution in [3.63, 3.8) is 0 Å². The first-order valence-electron chi connectivity index (χ1n) is 18.0. The first kappa shape index (κ1) is 38.2. The van der Waals surface area contributed by atoms with E-state index >= 15 is 0 Å². The van der Waals surface area contributed by atoms with Gasteiger partial charge in [-0.05, 0) is 70.7 Å². The van der Waals surface area contributed by atoms with Gasteiger partial charge in [-0.25, -0.2) is 4.99 Å². The number of halogens is 1. The lowest BCUT2D eigenvalue weighted by Crippen LogP contribution is -2.40. The lowest BCUT2D eigenvalue weighted by Gasteiger charge is -2.34. The van der Waals surface area contributed by atoms with Gasteiger partial charge in [0.1, 0.15) is 28.2 Å². The Bertz CT molecular complexity index is 1630. The van der Waals surface area contributed by atoms with Crippen LogP contribution in [-0.2, 0) is 0 Å². The van der Waals surface area contributed by atoms with Gasteiger partial charge in [-0.2, -0.15) is 0 Å². The van der Waals surface area contributed by atoms with Gasteiger partial charge in [0.25, 0.3) is 6.02 Å². The van der Waals surface area contributed by atoms with Crippen LogP contribution in [0.5, 0.6) is 11.5 Å². The number of phenols is 1. The smallest absolute Gasteiger partial charge is 0.287 e. The molecule has 3 aromatic rings. The molecule has 1 unspecified atom stereocenters. The summed E-state index contributed by atoms with van der Waals surface area (Å²) in [6.45, 7) is 3.89.